The van der Waals surface area contributed by atoms with E-state index in [4.69, 9.17) is 19.0 Å². The van der Waals surface area contributed by atoms with Crippen LogP contribution in [0.1, 0.15) is 37.3 Å². The number of furan rings is 1. The molecule has 1 aliphatic rings. The molecule has 3 rings (SSSR count). The fourth-order valence-corrected chi connectivity index (χ4v) is 5.01. The molecule has 10 nitrogen and oxygen atoms in total. The van der Waals surface area contributed by atoms with Crippen molar-refractivity contribution in [1.29, 1.82) is 0 Å². The predicted octanol–water partition coefficient (Wildman–Crippen LogP) is 2.13. The van der Waals surface area contributed by atoms with Crippen molar-refractivity contribution < 1.29 is 38.8 Å². The standard InChI is InChI=1S/C26H33IN2O8/c1-3-4-23(32)29(13-16-5-8-36-15-16)20-11-18(26(34)28-6-7-30)12-21(24(20)33)37-25-19(27)9-17(14-31)10-22(25)35-2/h5,8-10,12,15,20-21,24,30-31,33H,3-4,6-7,11,13-14H2,1-2H3,(H,28,34). The number of hydrogen-bond donors (Lipinski definition) is 4. The van der Waals surface area contributed by atoms with E-state index in [0.29, 0.717) is 32.6 Å². The van der Waals surface area contributed by atoms with Crippen molar-refractivity contribution in [2.45, 2.75) is 57.6 Å². The Labute approximate surface area is 229 Å². The van der Waals surface area contributed by atoms with E-state index < -0.39 is 24.2 Å². The molecule has 2 amide bonds. The smallest absolute Gasteiger partial charge is 0.247 e. The van der Waals surface area contributed by atoms with Gasteiger partial charge in [0.15, 0.2) is 11.5 Å². The highest BCUT2D eigenvalue weighted by atomic mass is 127. The molecule has 0 radical (unpaired) electrons. The largest absolute Gasteiger partial charge is 0.493 e. The molecule has 4 N–H and O–H groups in total. The summed E-state index contributed by atoms with van der Waals surface area (Å²) >= 11 is 2.05. The molecule has 1 aliphatic carbocycles. The molecule has 202 valence electrons. The van der Waals surface area contributed by atoms with Gasteiger partial charge in [-0.3, -0.25) is 9.59 Å². The number of aliphatic hydroxyl groups is 3. The highest BCUT2D eigenvalue weighted by Gasteiger charge is 2.40. The Morgan fingerprint density at radius 3 is 2.68 bits per heavy atom. The lowest BCUT2D eigenvalue weighted by Crippen LogP contribution is -2.54. The van der Waals surface area contributed by atoms with Crippen LogP contribution in [0.25, 0.3) is 0 Å². The van der Waals surface area contributed by atoms with Gasteiger partial charge in [-0.1, -0.05) is 6.92 Å². The van der Waals surface area contributed by atoms with Crippen molar-refractivity contribution in [3.63, 3.8) is 0 Å². The maximum Gasteiger partial charge on any atom is 0.247 e. The molecular weight excluding hydrogens is 595 g/mol. The summed E-state index contributed by atoms with van der Waals surface area (Å²) in [6.07, 6.45) is 3.44. The molecule has 0 fully saturated rings. The quantitative estimate of drug-likeness (QED) is 0.262. The Hall–Kier alpha value is -2.61. The molecule has 0 bridgehead atoms. The first kappa shape index (κ1) is 29.0. The fourth-order valence-electron chi connectivity index (χ4n) is 4.22. The third-order valence-corrected chi connectivity index (χ3v) is 6.86. The van der Waals surface area contributed by atoms with E-state index >= 15 is 0 Å². The van der Waals surface area contributed by atoms with Gasteiger partial charge in [-0.05, 0) is 58.9 Å². The number of halogens is 1. The van der Waals surface area contributed by atoms with E-state index in [-0.39, 0.29) is 45.1 Å². The lowest BCUT2D eigenvalue weighted by atomic mass is 9.87. The summed E-state index contributed by atoms with van der Waals surface area (Å²) in [6.45, 7) is 1.75. The maximum absolute atomic E-state index is 13.2. The highest BCUT2D eigenvalue weighted by molar-refractivity contribution is 14.1. The second kappa shape index (κ2) is 13.8. The molecule has 0 saturated heterocycles. The van der Waals surface area contributed by atoms with Gasteiger partial charge < -0.3 is 39.4 Å². The summed E-state index contributed by atoms with van der Waals surface area (Å²) in [5.74, 6) is 0.130. The van der Waals surface area contributed by atoms with Crippen molar-refractivity contribution >= 4 is 34.4 Å². The van der Waals surface area contributed by atoms with Crippen LogP contribution in [0, 0.1) is 3.57 Å². The minimum absolute atomic E-state index is 0.0662. The topological polar surface area (TPSA) is 142 Å². The van der Waals surface area contributed by atoms with Crippen LogP contribution in [-0.2, 0) is 22.7 Å². The second-order valence-corrected chi connectivity index (χ2v) is 9.85. The maximum atomic E-state index is 13.2. The molecule has 0 spiro atoms. The predicted molar refractivity (Wildman–Crippen MR) is 143 cm³/mol. The zero-order chi connectivity index (χ0) is 26.9. The van der Waals surface area contributed by atoms with Gasteiger partial charge in [-0.15, -0.1) is 0 Å². The van der Waals surface area contributed by atoms with Crippen LogP contribution < -0.4 is 14.8 Å². The van der Waals surface area contributed by atoms with E-state index in [1.807, 2.05) is 6.92 Å². The first-order valence-electron chi connectivity index (χ1n) is 12.0. The van der Waals surface area contributed by atoms with Crippen LogP contribution in [-0.4, -0.2) is 70.5 Å². The van der Waals surface area contributed by atoms with Crippen molar-refractivity contribution in [3.05, 3.63) is 57.1 Å². The molecule has 37 heavy (non-hydrogen) atoms. The minimum Gasteiger partial charge on any atom is -0.493 e. The van der Waals surface area contributed by atoms with Gasteiger partial charge in [0, 0.05) is 37.1 Å². The number of carbonyl (C=O) groups excluding carboxylic acids is 2. The summed E-state index contributed by atoms with van der Waals surface area (Å²) in [5, 5.41) is 32.8. The molecule has 1 aromatic carbocycles. The SMILES string of the molecule is CCCC(=O)N(Cc1ccoc1)C1CC(C(=O)NCCO)=CC(Oc2c(I)cc(CO)cc2OC)C1O. The number of benzene rings is 1. The van der Waals surface area contributed by atoms with Gasteiger partial charge in [0.1, 0.15) is 12.2 Å². The summed E-state index contributed by atoms with van der Waals surface area (Å²) in [6, 6.07) is 4.35. The lowest BCUT2D eigenvalue weighted by molar-refractivity contribution is -0.139. The van der Waals surface area contributed by atoms with Gasteiger partial charge in [0.05, 0.1) is 42.5 Å². The van der Waals surface area contributed by atoms with Crippen LogP contribution in [0.2, 0.25) is 0 Å². The number of nitrogens with zero attached hydrogens (tertiary/aromatic N) is 1. The number of hydrogen-bond acceptors (Lipinski definition) is 8. The van der Waals surface area contributed by atoms with Crippen LogP contribution in [0.5, 0.6) is 11.5 Å². The monoisotopic (exact) mass is 628 g/mol. The van der Waals surface area contributed by atoms with Crippen LogP contribution in [0.15, 0.2) is 46.8 Å². The molecule has 0 aliphatic heterocycles. The Balaban J connectivity index is 2.01. The number of amides is 2. The van der Waals surface area contributed by atoms with Gasteiger partial charge >= 0.3 is 0 Å². The van der Waals surface area contributed by atoms with Gasteiger partial charge in [-0.2, -0.15) is 0 Å². The summed E-state index contributed by atoms with van der Waals surface area (Å²) < 4.78 is 17.5. The number of rotatable bonds is 12. The van der Waals surface area contributed by atoms with Crippen LogP contribution >= 0.6 is 22.6 Å². The molecule has 3 atom stereocenters. The number of carbonyl (C=O) groups is 2. The average Bonchev–Trinajstić information content (AvgIpc) is 3.41. The third-order valence-electron chi connectivity index (χ3n) is 6.06. The normalized spacial score (nSPS) is 19.2. The van der Waals surface area contributed by atoms with Crippen LogP contribution in [0.4, 0.5) is 0 Å². The summed E-state index contributed by atoms with van der Waals surface area (Å²) in [5.41, 5.74) is 1.72. The number of aliphatic hydroxyl groups excluding tert-OH is 3. The van der Waals surface area contributed by atoms with E-state index in [1.165, 1.54) is 19.6 Å². The first-order chi connectivity index (χ1) is 17.8. The molecular formula is C26H33IN2O8. The summed E-state index contributed by atoms with van der Waals surface area (Å²) in [7, 11) is 1.47. The first-order valence-corrected chi connectivity index (χ1v) is 13.1. The van der Waals surface area contributed by atoms with E-state index in [9.17, 15) is 19.8 Å². The van der Waals surface area contributed by atoms with E-state index in [0.717, 1.165) is 5.56 Å². The fraction of sp³-hybridized carbons (Fsp3) is 0.462. The van der Waals surface area contributed by atoms with E-state index in [1.54, 1.807) is 29.2 Å². The van der Waals surface area contributed by atoms with Gasteiger partial charge in [0.2, 0.25) is 11.8 Å². The highest BCUT2D eigenvalue weighted by Crippen LogP contribution is 2.37. The second-order valence-electron chi connectivity index (χ2n) is 8.69. The molecule has 3 unspecified atom stereocenters. The Morgan fingerprint density at radius 1 is 1.27 bits per heavy atom. The molecule has 1 aromatic heterocycles. The number of methoxy groups -OCH3 is 1. The molecule has 1 heterocycles. The van der Waals surface area contributed by atoms with E-state index in [2.05, 4.69) is 27.9 Å². The zero-order valence-electron chi connectivity index (χ0n) is 20.9. The zero-order valence-corrected chi connectivity index (χ0v) is 23.0. The van der Waals surface area contributed by atoms with Crippen molar-refractivity contribution in [2.24, 2.45) is 0 Å². The third kappa shape index (κ3) is 7.24. The van der Waals surface area contributed by atoms with Gasteiger partial charge in [-0.25, -0.2) is 0 Å². The number of nitrogens with one attached hydrogen (secondary N) is 1. The van der Waals surface area contributed by atoms with Crippen LogP contribution in [0.3, 0.4) is 0 Å². The van der Waals surface area contributed by atoms with Crippen molar-refractivity contribution in [2.75, 3.05) is 20.3 Å². The summed E-state index contributed by atoms with van der Waals surface area (Å²) in [4.78, 5) is 27.7. The van der Waals surface area contributed by atoms with Crippen molar-refractivity contribution in [1.82, 2.24) is 10.2 Å². The molecule has 2 aromatic rings. The Morgan fingerprint density at radius 2 is 2.05 bits per heavy atom. The minimum atomic E-state index is -1.17. The number of ether oxygens (including phenoxy) is 2. The molecule has 0 saturated carbocycles. The lowest BCUT2D eigenvalue weighted by Gasteiger charge is -2.40. The average molecular weight is 628 g/mol. The molecule has 11 heteroatoms. The Kier molecular flexibility index (Phi) is 10.8. The van der Waals surface area contributed by atoms with Gasteiger partial charge in [0.25, 0.3) is 0 Å². The van der Waals surface area contributed by atoms with Crippen molar-refractivity contribution in [3.8, 4) is 11.5 Å². The Bertz CT molecular complexity index is 1090.